The summed E-state index contributed by atoms with van der Waals surface area (Å²) < 4.78 is 7.72. The summed E-state index contributed by atoms with van der Waals surface area (Å²) in [5, 5.41) is 14.6. The molecular weight excluding hydrogens is 346 g/mol. The zero-order valence-electron chi connectivity index (χ0n) is 14.9. The summed E-state index contributed by atoms with van der Waals surface area (Å²) in [4.78, 5) is 0. The molecule has 0 fully saturated rings. The van der Waals surface area contributed by atoms with E-state index in [-0.39, 0.29) is 0 Å². The van der Waals surface area contributed by atoms with Crippen LogP contribution in [0.5, 0.6) is 5.75 Å². The number of benzene rings is 2. The topological polar surface area (TPSA) is 69.4 Å². The number of quaternary nitrogens is 1. The zero-order chi connectivity index (χ0) is 18.0. The van der Waals surface area contributed by atoms with Crippen LogP contribution in [0.15, 0.2) is 59.8 Å². The maximum absolute atomic E-state index is 6.01. The summed E-state index contributed by atoms with van der Waals surface area (Å²) in [5.74, 6) is 1.98. The first kappa shape index (κ1) is 18.4. The molecule has 3 aromatic rings. The molecule has 0 bridgehead atoms. The fraction of sp³-hybridized carbons (Fsp3) is 0.316. The molecular formula is C19H24N5OS+. The van der Waals surface area contributed by atoms with Gasteiger partial charge in [-0.05, 0) is 28.1 Å². The number of nitrogens with zero attached hydrogens (tertiary/aromatic N) is 4. The fourth-order valence-electron chi connectivity index (χ4n) is 2.54. The molecule has 0 aliphatic heterocycles. The van der Waals surface area contributed by atoms with Crippen LogP contribution < -0.4 is 10.1 Å². The molecule has 1 heterocycles. The average molecular weight is 371 g/mol. The van der Waals surface area contributed by atoms with Gasteiger partial charge in [0.25, 0.3) is 0 Å². The Bertz CT molecular complexity index is 793. The second-order valence-corrected chi connectivity index (χ2v) is 7.01. The highest BCUT2D eigenvalue weighted by molar-refractivity contribution is 7.99. The van der Waals surface area contributed by atoms with Crippen molar-refractivity contribution in [2.45, 2.75) is 24.7 Å². The molecule has 2 N–H and O–H groups in total. The van der Waals surface area contributed by atoms with Gasteiger partial charge in [-0.1, -0.05) is 54.2 Å². The summed E-state index contributed by atoms with van der Waals surface area (Å²) in [6.07, 6.45) is 1.10. The molecule has 136 valence electrons. The van der Waals surface area contributed by atoms with E-state index in [2.05, 4.69) is 45.1 Å². The normalized spacial score (nSPS) is 10.8. The highest BCUT2D eigenvalue weighted by Crippen LogP contribution is 2.18. The van der Waals surface area contributed by atoms with E-state index in [0.29, 0.717) is 6.61 Å². The number of rotatable bonds is 10. The van der Waals surface area contributed by atoms with Gasteiger partial charge in [0.05, 0.1) is 6.54 Å². The van der Waals surface area contributed by atoms with Crippen molar-refractivity contribution < 1.29 is 10.1 Å². The number of ether oxygens (including phenoxy) is 1. The van der Waals surface area contributed by atoms with Crippen molar-refractivity contribution in [1.29, 1.82) is 0 Å². The third kappa shape index (κ3) is 5.57. The van der Waals surface area contributed by atoms with Crippen molar-refractivity contribution >= 4 is 11.8 Å². The van der Waals surface area contributed by atoms with Crippen molar-refractivity contribution in [2.24, 2.45) is 7.05 Å². The smallest absolute Gasteiger partial charge is 0.209 e. The number of aromatic nitrogens is 4. The van der Waals surface area contributed by atoms with Gasteiger partial charge in [-0.15, -0.1) is 5.10 Å². The van der Waals surface area contributed by atoms with Gasteiger partial charge in [-0.25, -0.2) is 4.68 Å². The number of hydrogen-bond acceptors (Lipinski definition) is 5. The lowest BCUT2D eigenvalue weighted by atomic mass is 10.2. The van der Waals surface area contributed by atoms with Crippen molar-refractivity contribution in [3.63, 3.8) is 0 Å². The minimum Gasteiger partial charge on any atom is -0.488 e. The molecule has 0 atom stereocenters. The van der Waals surface area contributed by atoms with Crippen LogP contribution in [0.4, 0.5) is 0 Å². The highest BCUT2D eigenvalue weighted by atomic mass is 32.2. The summed E-state index contributed by atoms with van der Waals surface area (Å²) >= 11 is 1.69. The van der Waals surface area contributed by atoms with E-state index in [0.717, 1.165) is 36.2 Å². The van der Waals surface area contributed by atoms with Crippen molar-refractivity contribution in [2.75, 3.05) is 12.3 Å². The highest BCUT2D eigenvalue weighted by Gasteiger charge is 2.06. The van der Waals surface area contributed by atoms with Gasteiger partial charge in [0.15, 0.2) is 0 Å². The molecule has 0 saturated carbocycles. The molecule has 0 radical (unpaired) electrons. The summed E-state index contributed by atoms with van der Waals surface area (Å²) in [7, 11) is 1.86. The van der Waals surface area contributed by atoms with Crippen LogP contribution in [0.1, 0.15) is 17.5 Å². The fourth-order valence-corrected chi connectivity index (χ4v) is 3.35. The third-order valence-electron chi connectivity index (χ3n) is 3.94. The van der Waals surface area contributed by atoms with E-state index in [1.165, 1.54) is 11.1 Å². The lowest BCUT2D eigenvalue weighted by molar-refractivity contribution is -0.670. The number of tetrazole rings is 1. The molecule has 1 aromatic heterocycles. The minimum atomic E-state index is 0.597. The number of aryl methyl sites for hydroxylation is 1. The van der Waals surface area contributed by atoms with Crippen LogP contribution in [0.3, 0.4) is 0 Å². The Balaban J connectivity index is 1.40. The number of nitrogens with two attached hydrogens (primary N) is 1. The first-order chi connectivity index (χ1) is 12.8. The summed E-state index contributed by atoms with van der Waals surface area (Å²) in [6.45, 7) is 2.58. The number of hydrogen-bond donors (Lipinski definition) is 1. The maximum Gasteiger partial charge on any atom is 0.209 e. The maximum atomic E-state index is 6.01. The lowest BCUT2D eigenvalue weighted by Gasteiger charge is -2.11. The Kier molecular flexibility index (Phi) is 7.04. The van der Waals surface area contributed by atoms with E-state index >= 15 is 0 Å². The molecule has 0 unspecified atom stereocenters. The van der Waals surface area contributed by atoms with Gasteiger partial charge in [0, 0.05) is 24.8 Å². The number of para-hydroxylation sites is 1. The van der Waals surface area contributed by atoms with Crippen LogP contribution in [0.2, 0.25) is 0 Å². The Morgan fingerprint density at radius 1 is 1.08 bits per heavy atom. The van der Waals surface area contributed by atoms with Crippen molar-refractivity contribution in [1.82, 2.24) is 20.2 Å². The zero-order valence-corrected chi connectivity index (χ0v) is 15.7. The molecule has 7 heteroatoms. The predicted octanol–water partition coefficient (Wildman–Crippen LogP) is 2.03. The van der Waals surface area contributed by atoms with Gasteiger partial charge in [-0.2, -0.15) is 0 Å². The van der Waals surface area contributed by atoms with Crippen molar-refractivity contribution in [3.8, 4) is 5.75 Å². The Morgan fingerprint density at radius 2 is 1.88 bits per heavy atom. The van der Waals surface area contributed by atoms with E-state index in [9.17, 15) is 0 Å². The summed E-state index contributed by atoms with van der Waals surface area (Å²) in [5.41, 5.74) is 2.41. The van der Waals surface area contributed by atoms with Crippen LogP contribution in [-0.2, 0) is 20.2 Å². The Morgan fingerprint density at radius 3 is 2.69 bits per heavy atom. The Labute approximate surface area is 158 Å². The van der Waals surface area contributed by atoms with Crippen LogP contribution in [0, 0.1) is 0 Å². The Hall–Kier alpha value is -2.38. The van der Waals surface area contributed by atoms with E-state index in [1.54, 1.807) is 16.4 Å². The number of thioether (sulfide) groups is 1. The van der Waals surface area contributed by atoms with Crippen LogP contribution in [0.25, 0.3) is 0 Å². The molecule has 0 aliphatic carbocycles. The van der Waals surface area contributed by atoms with E-state index in [4.69, 9.17) is 4.74 Å². The lowest BCUT2D eigenvalue weighted by Crippen LogP contribution is -2.82. The van der Waals surface area contributed by atoms with Gasteiger partial charge >= 0.3 is 0 Å². The minimum absolute atomic E-state index is 0.597. The first-order valence-corrected chi connectivity index (χ1v) is 9.73. The second kappa shape index (κ2) is 9.94. The van der Waals surface area contributed by atoms with Gasteiger partial charge in [0.2, 0.25) is 5.16 Å². The quantitative estimate of drug-likeness (QED) is 0.437. The van der Waals surface area contributed by atoms with E-state index in [1.807, 2.05) is 37.4 Å². The predicted molar refractivity (Wildman–Crippen MR) is 102 cm³/mol. The van der Waals surface area contributed by atoms with Crippen LogP contribution in [-0.4, -0.2) is 32.5 Å². The monoisotopic (exact) mass is 370 g/mol. The third-order valence-corrected chi connectivity index (χ3v) is 5.04. The molecule has 3 rings (SSSR count). The first-order valence-electron chi connectivity index (χ1n) is 8.74. The molecule has 0 spiro atoms. The van der Waals surface area contributed by atoms with E-state index < -0.39 is 0 Å². The molecule has 26 heavy (non-hydrogen) atoms. The van der Waals surface area contributed by atoms with Gasteiger partial charge in [-0.3, -0.25) is 0 Å². The summed E-state index contributed by atoms with van der Waals surface area (Å²) in [6, 6.07) is 18.5. The molecule has 0 saturated heterocycles. The average Bonchev–Trinajstić information content (AvgIpc) is 3.09. The standard InChI is InChI=1S/C19H23N5OS/c1-24-19(21-22-23-24)26-13-7-12-20-14-17-10-5-6-11-18(17)25-15-16-8-3-2-4-9-16/h2-6,8-11,20H,7,12-15H2,1H3/p+1. The van der Waals surface area contributed by atoms with Gasteiger partial charge < -0.3 is 10.1 Å². The molecule has 6 nitrogen and oxygen atoms in total. The van der Waals surface area contributed by atoms with Gasteiger partial charge in [0.1, 0.15) is 18.9 Å². The SMILES string of the molecule is Cn1nnnc1SCCC[NH2+]Cc1ccccc1OCc1ccccc1. The van der Waals surface area contributed by atoms with Crippen molar-refractivity contribution in [3.05, 3.63) is 65.7 Å². The molecule has 2 aromatic carbocycles. The second-order valence-electron chi connectivity index (χ2n) is 5.95. The molecule has 0 amide bonds. The largest absolute Gasteiger partial charge is 0.488 e. The van der Waals surface area contributed by atoms with Crippen LogP contribution >= 0.6 is 11.8 Å². The molecule has 0 aliphatic rings.